The number of nitrogens with one attached hydrogen (secondary N) is 2. The van der Waals surface area contributed by atoms with Crippen LogP contribution in [0.2, 0.25) is 0 Å². The SMILES string of the molecule is C=CCNc1nc(C(=O)O[C@@H](C)C(=O)Nc2ccccc2-c2ccccc2)cs1. The molecule has 7 heteroatoms. The average molecular weight is 407 g/mol. The molecule has 0 aliphatic carbocycles. The number of carbonyl (C=O) groups excluding carboxylic acids is 2. The number of amides is 1. The lowest BCUT2D eigenvalue weighted by Gasteiger charge is -2.15. The summed E-state index contributed by atoms with van der Waals surface area (Å²) in [4.78, 5) is 29.0. The van der Waals surface area contributed by atoms with Gasteiger partial charge in [-0.05, 0) is 18.6 Å². The zero-order valence-corrected chi connectivity index (χ0v) is 16.7. The standard InChI is InChI=1S/C22H21N3O3S/c1-3-13-23-22-25-19(14-29-22)21(27)28-15(2)20(26)24-18-12-8-7-11-17(18)16-9-5-4-6-10-16/h3-12,14-15H,1,13H2,2H3,(H,23,25)(H,24,26)/t15-/m0/s1. The van der Waals surface area contributed by atoms with Gasteiger partial charge in [0.2, 0.25) is 0 Å². The lowest BCUT2D eigenvalue weighted by Crippen LogP contribution is -2.30. The van der Waals surface area contributed by atoms with E-state index in [9.17, 15) is 9.59 Å². The van der Waals surface area contributed by atoms with Gasteiger partial charge in [0.15, 0.2) is 16.9 Å². The molecule has 0 aliphatic heterocycles. The molecule has 1 heterocycles. The second-order valence-electron chi connectivity index (χ2n) is 6.16. The van der Waals surface area contributed by atoms with Gasteiger partial charge in [-0.15, -0.1) is 17.9 Å². The molecule has 3 aromatic rings. The zero-order chi connectivity index (χ0) is 20.6. The van der Waals surface area contributed by atoms with E-state index in [1.807, 2.05) is 54.6 Å². The van der Waals surface area contributed by atoms with Crippen LogP contribution in [0.15, 0.2) is 72.6 Å². The Labute approximate surface area is 173 Å². The average Bonchev–Trinajstić information content (AvgIpc) is 3.22. The summed E-state index contributed by atoms with van der Waals surface area (Å²) in [6, 6.07) is 17.2. The lowest BCUT2D eigenvalue weighted by atomic mass is 10.0. The summed E-state index contributed by atoms with van der Waals surface area (Å²) in [5.74, 6) is -1.06. The number of aromatic nitrogens is 1. The van der Waals surface area contributed by atoms with Crippen molar-refractivity contribution in [2.24, 2.45) is 0 Å². The summed E-state index contributed by atoms with van der Waals surface area (Å²) in [6.07, 6.45) is 0.719. The smallest absolute Gasteiger partial charge is 0.358 e. The summed E-state index contributed by atoms with van der Waals surface area (Å²) >= 11 is 1.28. The monoisotopic (exact) mass is 407 g/mol. The van der Waals surface area contributed by atoms with Gasteiger partial charge in [0, 0.05) is 23.2 Å². The molecule has 2 N–H and O–H groups in total. The molecule has 1 atom stereocenters. The van der Waals surface area contributed by atoms with Gasteiger partial charge in [-0.1, -0.05) is 54.6 Å². The first kappa shape index (κ1) is 20.3. The van der Waals surface area contributed by atoms with E-state index < -0.39 is 18.0 Å². The molecule has 0 saturated heterocycles. The van der Waals surface area contributed by atoms with Crippen LogP contribution in [0.5, 0.6) is 0 Å². The predicted molar refractivity (Wildman–Crippen MR) is 116 cm³/mol. The fourth-order valence-electron chi connectivity index (χ4n) is 2.58. The first-order valence-corrected chi connectivity index (χ1v) is 9.93. The van der Waals surface area contributed by atoms with Crippen LogP contribution >= 0.6 is 11.3 Å². The second-order valence-corrected chi connectivity index (χ2v) is 7.01. The van der Waals surface area contributed by atoms with Crippen LogP contribution < -0.4 is 10.6 Å². The van der Waals surface area contributed by atoms with Gasteiger partial charge in [0.05, 0.1) is 0 Å². The molecule has 3 rings (SSSR count). The Hall–Kier alpha value is -3.45. The highest BCUT2D eigenvalue weighted by Gasteiger charge is 2.21. The molecular weight excluding hydrogens is 386 g/mol. The summed E-state index contributed by atoms with van der Waals surface area (Å²) in [7, 11) is 0. The number of esters is 1. The van der Waals surface area contributed by atoms with Crippen molar-refractivity contribution in [3.63, 3.8) is 0 Å². The minimum atomic E-state index is -0.974. The van der Waals surface area contributed by atoms with Gasteiger partial charge in [0.1, 0.15) is 0 Å². The number of anilines is 2. The third-order valence-corrected chi connectivity index (χ3v) is 4.83. The maximum absolute atomic E-state index is 12.6. The summed E-state index contributed by atoms with van der Waals surface area (Å²) < 4.78 is 5.28. The van der Waals surface area contributed by atoms with Gasteiger partial charge in [-0.25, -0.2) is 9.78 Å². The quantitative estimate of drug-likeness (QED) is 0.422. The first-order chi connectivity index (χ1) is 14.1. The van der Waals surface area contributed by atoms with Crippen LogP contribution in [0.25, 0.3) is 11.1 Å². The number of thiazole rings is 1. The molecule has 0 spiro atoms. The Morgan fingerprint density at radius 1 is 1.17 bits per heavy atom. The number of rotatable bonds is 8. The molecule has 29 heavy (non-hydrogen) atoms. The van der Waals surface area contributed by atoms with E-state index in [1.54, 1.807) is 11.5 Å². The van der Waals surface area contributed by atoms with E-state index >= 15 is 0 Å². The second kappa shape index (κ2) is 9.66. The van der Waals surface area contributed by atoms with Crippen LogP contribution in [0.4, 0.5) is 10.8 Å². The summed E-state index contributed by atoms with van der Waals surface area (Å²) in [5.41, 5.74) is 2.68. The van der Waals surface area contributed by atoms with E-state index in [4.69, 9.17) is 4.74 Å². The third-order valence-electron chi connectivity index (χ3n) is 4.03. The van der Waals surface area contributed by atoms with E-state index in [0.29, 0.717) is 17.4 Å². The van der Waals surface area contributed by atoms with Crippen molar-refractivity contribution in [1.29, 1.82) is 0 Å². The molecule has 0 radical (unpaired) electrons. The number of carbonyl (C=O) groups is 2. The van der Waals surface area contributed by atoms with Gasteiger partial charge in [-0.2, -0.15) is 0 Å². The Morgan fingerprint density at radius 2 is 1.90 bits per heavy atom. The lowest BCUT2D eigenvalue weighted by molar-refractivity contribution is -0.123. The minimum Gasteiger partial charge on any atom is -0.448 e. The van der Waals surface area contributed by atoms with Crippen molar-refractivity contribution in [1.82, 2.24) is 4.98 Å². The number of para-hydroxylation sites is 1. The van der Waals surface area contributed by atoms with Gasteiger partial charge in [0.25, 0.3) is 5.91 Å². The molecule has 1 aromatic heterocycles. The largest absolute Gasteiger partial charge is 0.448 e. The molecule has 0 aliphatic rings. The molecule has 148 valence electrons. The van der Waals surface area contributed by atoms with E-state index in [2.05, 4.69) is 22.2 Å². The Morgan fingerprint density at radius 3 is 2.66 bits per heavy atom. The molecule has 1 amide bonds. The predicted octanol–water partition coefficient (Wildman–Crippen LogP) is 4.59. The first-order valence-electron chi connectivity index (χ1n) is 9.05. The Kier molecular flexibility index (Phi) is 6.76. The van der Waals surface area contributed by atoms with Crippen molar-refractivity contribution in [2.45, 2.75) is 13.0 Å². The molecule has 0 saturated carbocycles. The fourth-order valence-corrected chi connectivity index (χ4v) is 3.27. The highest BCUT2D eigenvalue weighted by atomic mass is 32.1. The van der Waals surface area contributed by atoms with Crippen molar-refractivity contribution < 1.29 is 14.3 Å². The molecule has 0 bridgehead atoms. The Bertz CT molecular complexity index is 1000. The van der Waals surface area contributed by atoms with Gasteiger partial charge < -0.3 is 15.4 Å². The number of nitrogens with zero attached hydrogens (tertiary/aromatic N) is 1. The van der Waals surface area contributed by atoms with Crippen molar-refractivity contribution in [2.75, 3.05) is 17.2 Å². The normalized spacial score (nSPS) is 11.3. The summed E-state index contributed by atoms with van der Waals surface area (Å²) in [5, 5.41) is 8.02. The zero-order valence-electron chi connectivity index (χ0n) is 15.9. The van der Waals surface area contributed by atoms with E-state index in [0.717, 1.165) is 11.1 Å². The maximum Gasteiger partial charge on any atom is 0.358 e. The van der Waals surface area contributed by atoms with Gasteiger partial charge in [-0.3, -0.25) is 4.79 Å². The van der Waals surface area contributed by atoms with E-state index in [-0.39, 0.29) is 5.69 Å². The maximum atomic E-state index is 12.6. The van der Waals surface area contributed by atoms with Crippen LogP contribution in [-0.4, -0.2) is 29.5 Å². The summed E-state index contributed by atoms with van der Waals surface area (Å²) in [6.45, 7) is 5.69. The number of hydrogen-bond donors (Lipinski definition) is 2. The molecule has 0 unspecified atom stereocenters. The Balaban J connectivity index is 1.65. The van der Waals surface area contributed by atoms with Crippen LogP contribution in [0.1, 0.15) is 17.4 Å². The fraction of sp³-hybridized carbons (Fsp3) is 0.136. The van der Waals surface area contributed by atoms with Crippen molar-refractivity contribution in [3.05, 3.63) is 78.3 Å². The highest BCUT2D eigenvalue weighted by Crippen LogP contribution is 2.27. The number of hydrogen-bond acceptors (Lipinski definition) is 6. The molecule has 0 fully saturated rings. The molecule has 6 nitrogen and oxygen atoms in total. The number of ether oxygens (including phenoxy) is 1. The number of benzene rings is 2. The minimum absolute atomic E-state index is 0.158. The topological polar surface area (TPSA) is 80.3 Å². The highest BCUT2D eigenvalue weighted by molar-refractivity contribution is 7.13. The van der Waals surface area contributed by atoms with E-state index in [1.165, 1.54) is 18.3 Å². The molecule has 2 aromatic carbocycles. The molecular formula is C22H21N3O3S. The van der Waals surface area contributed by atoms with Crippen molar-refractivity contribution in [3.8, 4) is 11.1 Å². The van der Waals surface area contributed by atoms with Crippen LogP contribution in [0, 0.1) is 0 Å². The van der Waals surface area contributed by atoms with Crippen LogP contribution in [0.3, 0.4) is 0 Å². The van der Waals surface area contributed by atoms with Gasteiger partial charge >= 0.3 is 5.97 Å². The van der Waals surface area contributed by atoms with Crippen molar-refractivity contribution >= 4 is 34.0 Å². The van der Waals surface area contributed by atoms with Crippen LogP contribution in [-0.2, 0) is 9.53 Å². The third kappa shape index (κ3) is 5.30.